The molecule has 2 heterocycles. The maximum atomic E-state index is 11.9. The Kier molecular flexibility index (Phi) is 3.43. The zero-order valence-corrected chi connectivity index (χ0v) is 11.8. The summed E-state index contributed by atoms with van der Waals surface area (Å²) in [4.78, 5) is 17.1. The van der Waals surface area contributed by atoms with E-state index in [2.05, 4.69) is 10.1 Å². The van der Waals surface area contributed by atoms with E-state index in [9.17, 15) is 4.79 Å². The van der Waals surface area contributed by atoms with Gasteiger partial charge in [-0.3, -0.25) is 4.79 Å². The zero-order chi connectivity index (χ0) is 13.9. The number of hydrogen-bond acceptors (Lipinski definition) is 4. The van der Waals surface area contributed by atoms with Crippen LogP contribution in [0.25, 0.3) is 11.3 Å². The van der Waals surface area contributed by atoms with E-state index in [0.29, 0.717) is 6.54 Å². The monoisotopic (exact) mass is 283 g/mol. The molecule has 1 aromatic carbocycles. The first-order valence-corrected chi connectivity index (χ1v) is 7.09. The number of benzene rings is 1. The number of rotatable bonds is 3. The molecule has 0 unspecified atom stereocenters. The van der Waals surface area contributed by atoms with Crippen molar-refractivity contribution >= 4 is 11.3 Å². The fraction of sp³-hybridized carbons (Fsp3) is 0.133. The van der Waals surface area contributed by atoms with Crippen LogP contribution in [0.1, 0.15) is 9.88 Å². The first-order chi connectivity index (χ1) is 9.72. The molecular formula is C15H13N3OS. The largest absolute Gasteiger partial charge is 0.268 e. The van der Waals surface area contributed by atoms with Gasteiger partial charge in [0.1, 0.15) is 0 Å². The van der Waals surface area contributed by atoms with Crippen LogP contribution >= 0.6 is 11.3 Å². The first-order valence-electron chi connectivity index (χ1n) is 6.27. The van der Waals surface area contributed by atoms with Gasteiger partial charge in [-0.25, -0.2) is 9.67 Å². The summed E-state index contributed by atoms with van der Waals surface area (Å²) in [5, 5.41) is 5.42. The summed E-state index contributed by atoms with van der Waals surface area (Å²) in [7, 11) is 0. The summed E-state index contributed by atoms with van der Waals surface area (Å²) >= 11 is 1.58. The van der Waals surface area contributed by atoms with E-state index in [0.717, 1.165) is 21.1 Å². The van der Waals surface area contributed by atoms with Gasteiger partial charge in [-0.1, -0.05) is 30.3 Å². The molecule has 0 aliphatic carbocycles. The fourth-order valence-electron chi connectivity index (χ4n) is 1.95. The zero-order valence-electron chi connectivity index (χ0n) is 11.0. The lowest BCUT2D eigenvalue weighted by Gasteiger charge is -2.05. The second kappa shape index (κ2) is 5.38. The minimum Gasteiger partial charge on any atom is -0.268 e. The van der Waals surface area contributed by atoms with Crippen molar-refractivity contribution in [2.24, 2.45) is 0 Å². The Balaban J connectivity index is 1.97. The van der Waals surface area contributed by atoms with E-state index in [1.165, 1.54) is 4.68 Å². The Morgan fingerprint density at radius 2 is 1.95 bits per heavy atom. The van der Waals surface area contributed by atoms with Gasteiger partial charge in [0, 0.05) is 22.7 Å². The molecule has 0 radical (unpaired) electrons. The highest BCUT2D eigenvalue weighted by Gasteiger charge is 2.05. The Morgan fingerprint density at radius 1 is 1.15 bits per heavy atom. The van der Waals surface area contributed by atoms with Gasteiger partial charge in [-0.2, -0.15) is 5.10 Å². The predicted molar refractivity (Wildman–Crippen MR) is 79.9 cm³/mol. The molecule has 2 aromatic heterocycles. The highest BCUT2D eigenvalue weighted by Crippen LogP contribution is 2.15. The van der Waals surface area contributed by atoms with E-state index in [4.69, 9.17) is 0 Å². The SMILES string of the molecule is Cc1ncc(Cn2nc(-c3ccccc3)ccc2=O)s1. The van der Waals surface area contributed by atoms with Crippen molar-refractivity contribution in [2.75, 3.05) is 0 Å². The third-order valence-electron chi connectivity index (χ3n) is 2.91. The van der Waals surface area contributed by atoms with Gasteiger partial charge in [0.05, 0.1) is 17.2 Å². The molecule has 0 amide bonds. The molecule has 100 valence electrons. The van der Waals surface area contributed by atoms with Crippen molar-refractivity contribution in [3.8, 4) is 11.3 Å². The van der Waals surface area contributed by atoms with Crippen LogP contribution in [0.2, 0.25) is 0 Å². The van der Waals surface area contributed by atoms with E-state index in [1.54, 1.807) is 29.7 Å². The van der Waals surface area contributed by atoms with Crippen molar-refractivity contribution in [3.05, 3.63) is 68.9 Å². The molecule has 3 rings (SSSR count). The van der Waals surface area contributed by atoms with Gasteiger partial charge in [-0.15, -0.1) is 11.3 Å². The van der Waals surface area contributed by atoms with Crippen LogP contribution in [0.4, 0.5) is 0 Å². The number of aromatic nitrogens is 3. The number of aryl methyl sites for hydroxylation is 1. The molecule has 0 aliphatic heterocycles. The molecule has 0 saturated carbocycles. The third kappa shape index (κ3) is 2.67. The molecule has 20 heavy (non-hydrogen) atoms. The molecule has 0 aliphatic rings. The average molecular weight is 283 g/mol. The summed E-state index contributed by atoms with van der Waals surface area (Å²) in [6, 6.07) is 13.1. The average Bonchev–Trinajstić information content (AvgIpc) is 2.88. The smallest absolute Gasteiger partial charge is 0.267 e. The number of nitrogens with zero attached hydrogens (tertiary/aromatic N) is 3. The van der Waals surface area contributed by atoms with Crippen molar-refractivity contribution in [2.45, 2.75) is 13.5 Å². The second-order valence-electron chi connectivity index (χ2n) is 4.43. The van der Waals surface area contributed by atoms with Crippen molar-refractivity contribution in [3.63, 3.8) is 0 Å². The van der Waals surface area contributed by atoms with Crippen LogP contribution in [-0.4, -0.2) is 14.8 Å². The van der Waals surface area contributed by atoms with Crippen LogP contribution < -0.4 is 5.56 Å². The Bertz CT molecular complexity index is 777. The lowest BCUT2D eigenvalue weighted by molar-refractivity contribution is 0.648. The lowest BCUT2D eigenvalue weighted by Crippen LogP contribution is -2.22. The fourth-order valence-corrected chi connectivity index (χ4v) is 2.73. The van der Waals surface area contributed by atoms with Crippen LogP contribution in [0.3, 0.4) is 0 Å². The molecule has 0 atom stereocenters. The molecule has 0 spiro atoms. The van der Waals surface area contributed by atoms with Crippen molar-refractivity contribution < 1.29 is 0 Å². The summed E-state index contributed by atoms with van der Waals surface area (Å²) in [6.07, 6.45) is 1.79. The van der Waals surface area contributed by atoms with Crippen LogP contribution in [0.15, 0.2) is 53.5 Å². The van der Waals surface area contributed by atoms with Gasteiger partial charge < -0.3 is 0 Å². The van der Waals surface area contributed by atoms with Gasteiger partial charge in [0.25, 0.3) is 5.56 Å². The molecule has 0 fully saturated rings. The molecule has 0 bridgehead atoms. The Morgan fingerprint density at radius 3 is 2.65 bits per heavy atom. The predicted octanol–water partition coefficient (Wildman–Crippen LogP) is 2.72. The van der Waals surface area contributed by atoms with Gasteiger partial charge in [0.2, 0.25) is 0 Å². The molecule has 5 heteroatoms. The van der Waals surface area contributed by atoms with E-state index >= 15 is 0 Å². The van der Waals surface area contributed by atoms with Crippen LogP contribution in [0, 0.1) is 6.92 Å². The number of hydrogen-bond donors (Lipinski definition) is 0. The molecule has 4 nitrogen and oxygen atoms in total. The summed E-state index contributed by atoms with van der Waals surface area (Å²) in [5.74, 6) is 0. The van der Waals surface area contributed by atoms with Crippen LogP contribution in [0.5, 0.6) is 0 Å². The Labute approximate surface area is 120 Å². The van der Waals surface area contributed by atoms with Gasteiger partial charge in [0.15, 0.2) is 0 Å². The van der Waals surface area contributed by atoms with E-state index in [1.807, 2.05) is 37.3 Å². The lowest BCUT2D eigenvalue weighted by atomic mass is 10.1. The maximum absolute atomic E-state index is 11.9. The molecule has 0 N–H and O–H groups in total. The quantitative estimate of drug-likeness (QED) is 0.742. The van der Waals surface area contributed by atoms with Crippen LogP contribution in [-0.2, 0) is 6.54 Å². The number of thiazole rings is 1. The highest BCUT2D eigenvalue weighted by molar-refractivity contribution is 7.11. The van der Waals surface area contributed by atoms with Crippen molar-refractivity contribution in [1.29, 1.82) is 0 Å². The summed E-state index contributed by atoms with van der Waals surface area (Å²) in [5.41, 5.74) is 1.70. The van der Waals surface area contributed by atoms with E-state index in [-0.39, 0.29) is 5.56 Å². The molecule has 3 aromatic rings. The topological polar surface area (TPSA) is 47.8 Å². The summed E-state index contributed by atoms with van der Waals surface area (Å²) in [6.45, 7) is 2.41. The maximum Gasteiger partial charge on any atom is 0.267 e. The van der Waals surface area contributed by atoms with Gasteiger partial charge in [-0.05, 0) is 13.0 Å². The minimum atomic E-state index is -0.101. The first kappa shape index (κ1) is 12.7. The third-order valence-corrected chi connectivity index (χ3v) is 3.81. The normalized spacial score (nSPS) is 10.7. The summed E-state index contributed by atoms with van der Waals surface area (Å²) < 4.78 is 1.48. The highest BCUT2D eigenvalue weighted by atomic mass is 32.1. The van der Waals surface area contributed by atoms with E-state index < -0.39 is 0 Å². The standard InChI is InChI=1S/C15H13N3OS/c1-11-16-9-13(20-11)10-18-15(19)8-7-14(17-18)12-5-3-2-4-6-12/h2-9H,10H2,1H3. The second-order valence-corrected chi connectivity index (χ2v) is 5.75. The van der Waals surface area contributed by atoms with Crippen molar-refractivity contribution in [1.82, 2.24) is 14.8 Å². The Hall–Kier alpha value is -2.27. The molecular weight excluding hydrogens is 270 g/mol. The molecule has 0 saturated heterocycles. The van der Waals surface area contributed by atoms with Gasteiger partial charge >= 0.3 is 0 Å². The minimum absolute atomic E-state index is 0.101.